The zero-order chi connectivity index (χ0) is 22.7. The van der Waals surface area contributed by atoms with Crippen molar-refractivity contribution in [3.8, 4) is 11.1 Å². The third-order valence-corrected chi connectivity index (χ3v) is 5.88. The topological polar surface area (TPSA) is 112 Å². The summed E-state index contributed by atoms with van der Waals surface area (Å²) in [5, 5.41) is 24.4. The van der Waals surface area contributed by atoms with Gasteiger partial charge in [0.15, 0.2) is 11.2 Å². The fourth-order valence-electron chi connectivity index (χ4n) is 3.20. The summed E-state index contributed by atoms with van der Waals surface area (Å²) in [6, 6.07) is 19.6. The number of carbonyl (C=O) groups is 2. The van der Waals surface area contributed by atoms with Crippen molar-refractivity contribution >= 4 is 44.2 Å². The van der Waals surface area contributed by atoms with Gasteiger partial charge in [-0.2, -0.15) is 0 Å². The minimum atomic E-state index is -1.33. The van der Waals surface area contributed by atoms with E-state index in [1.807, 2.05) is 36.4 Å². The Kier molecular flexibility index (Phi) is 6.16. The number of anilines is 2. The van der Waals surface area contributed by atoms with Crippen LogP contribution in [-0.2, 0) is 4.79 Å². The number of thiazole rings is 1. The molecule has 8 heteroatoms. The predicted octanol–water partition coefficient (Wildman–Crippen LogP) is 4.19. The number of rotatable bonds is 7. The van der Waals surface area contributed by atoms with E-state index >= 15 is 0 Å². The van der Waals surface area contributed by atoms with Crippen LogP contribution in [0.25, 0.3) is 21.3 Å². The number of benzene rings is 3. The van der Waals surface area contributed by atoms with E-state index in [-0.39, 0.29) is 0 Å². The molecule has 4 rings (SSSR count). The zero-order valence-electron chi connectivity index (χ0n) is 17.2. The number of aryl methyl sites for hydroxylation is 1. The molecule has 3 aromatic carbocycles. The molecular formula is C24H21N3O4S. The summed E-state index contributed by atoms with van der Waals surface area (Å²) in [4.78, 5) is 27.7. The Morgan fingerprint density at radius 1 is 1.00 bits per heavy atom. The highest BCUT2D eigenvalue weighted by Gasteiger charge is 2.19. The van der Waals surface area contributed by atoms with Gasteiger partial charge in [-0.3, -0.25) is 4.79 Å². The number of nitrogens with zero attached hydrogens (tertiary/aromatic N) is 1. The summed E-state index contributed by atoms with van der Waals surface area (Å²) in [5.41, 5.74) is 5.30. The van der Waals surface area contributed by atoms with Crippen molar-refractivity contribution in [1.82, 2.24) is 10.3 Å². The van der Waals surface area contributed by atoms with Crippen molar-refractivity contribution in [2.24, 2.45) is 0 Å². The Morgan fingerprint density at radius 3 is 2.28 bits per heavy atom. The van der Waals surface area contributed by atoms with E-state index in [1.54, 1.807) is 35.6 Å². The summed E-state index contributed by atoms with van der Waals surface area (Å²) >= 11 is 1.61. The molecule has 0 bridgehead atoms. The van der Waals surface area contributed by atoms with E-state index < -0.39 is 24.5 Å². The third kappa shape index (κ3) is 4.77. The van der Waals surface area contributed by atoms with Gasteiger partial charge in [0.05, 0.1) is 16.8 Å². The van der Waals surface area contributed by atoms with E-state index in [4.69, 9.17) is 10.2 Å². The molecule has 0 saturated heterocycles. The normalized spacial score (nSPS) is 11.8. The lowest BCUT2D eigenvalue weighted by Crippen LogP contribution is -2.43. The van der Waals surface area contributed by atoms with E-state index in [2.05, 4.69) is 28.6 Å². The fourth-order valence-corrected chi connectivity index (χ4v) is 4.18. The number of aromatic nitrogens is 1. The van der Waals surface area contributed by atoms with Gasteiger partial charge in [0.2, 0.25) is 0 Å². The Bertz CT molecular complexity index is 1270. The average Bonchev–Trinajstić information content (AvgIpc) is 3.19. The highest BCUT2D eigenvalue weighted by Crippen LogP contribution is 2.30. The first-order chi connectivity index (χ1) is 15.4. The summed E-state index contributed by atoms with van der Waals surface area (Å²) in [6.07, 6.45) is 0. The quantitative estimate of drug-likeness (QED) is 0.338. The van der Waals surface area contributed by atoms with Crippen LogP contribution < -0.4 is 10.6 Å². The van der Waals surface area contributed by atoms with Gasteiger partial charge in [-0.1, -0.05) is 41.7 Å². The maximum Gasteiger partial charge on any atom is 0.328 e. The first-order valence-electron chi connectivity index (χ1n) is 9.92. The molecule has 0 radical (unpaired) electrons. The highest BCUT2D eigenvalue weighted by atomic mass is 32.1. The molecule has 0 saturated carbocycles. The maximum atomic E-state index is 12.2. The predicted molar refractivity (Wildman–Crippen MR) is 125 cm³/mol. The van der Waals surface area contributed by atoms with Gasteiger partial charge in [0, 0.05) is 11.3 Å². The van der Waals surface area contributed by atoms with Crippen LogP contribution >= 0.6 is 11.3 Å². The minimum absolute atomic E-state index is 0.317. The largest absolute Gasteiger partial charge is 0.480 e. The van der Waals surface area contributed by atoms with Crippen molar-refractivity contribution in [2.75, 3.05) is 11.9 Å². The number of fused-ring (bicyclic) bond motifs is 1. The molecule has 1 atom stereocenters. The van der Waals surface area contributed by atoms with Gasteiger partial charge >= 0.3 is 5.97 Å². The number of carboxylic acid groups (broad SMARTS) is 1. The molecule has 1 aromatic heterocycles. The molecule has 1 unspecified atom stereocenters. The number of carbonyl (C=O) groups excluding carboxylic acids is 1. The first-order valence-corrected chi connectivity index (χ1v) is 10.7. The van der Waals surface area contributed by atoms with E-state index in [0.29, 0.717) is 5.56 Å². The van der Waals surface area contributed by atoms with Crippen molar-refractivity contribution < 1.29 is 19.8 Å². The smallest absolute Gasteiger partial charge is 0.328 e. The summed E-state index contributed by atoms with van der Waals surface area (Å²) in [5.74, 6) is -1.84. The Morgan fingerprint density at radius 2 is 1.66 bits per heavy atom. The molecule has 0 aliphatic heterocycles. The SMILES string of the molecule is Cc1ccc2nc(Nc3ccc(-c4ccc(C(=O)NC(CO)C(=O)O)cc4)cc3)sc2c1. The van der Waals surface area contributed by atoms with Crippen LogP contribution in [0.4, 0.5) is 10.8 Å². The molecule has 4 aromatic rings. The lowest BCUT2D eigenvalue weighted by atomic mass is 10.0. The van der Waals surface area contributed by atoms with Gasteiger partial charge in [-0.15, -0.1) is 0 Å². The lowest BCUT2D eigenvalue weighted by Gasteiger charge is -2.12. The number of amides is 1. The zero-order valence-corrected chi connectivity index (χ0v) is 18.0. The highest BCUT2D eigenvalue weighted by molar-refractivity contribution is 7.22. The van der Waals surface area contributed by atoms with Gasteiger partial charge in [-0.25, -0.2) is 9.78 Å². The fraction of sp³-hybridized carbons (Fsp3) is 0.125. The molecule has 32 heavy (non-hydrogen) atoms. The van der Waals surface area contributed by atoms with Gasteiger partial charge in [0.25, 0.3) is 5.91 Å². The van der Waals surface area contributed by atoms with Crippen LogP contribution in [0, 0.1) is 6.92 Å². The summed E-state index contributed by atoms with van der Waals surface area (Å²) in [7, 11) is 0. The van der Waals surface area contributed by atoms with Crippen molar-refractivity contribution in [3.05, 3.63) is 77.9 Å². The number of carboxylic acids is 1. The number of aliphatic hydroxyl groups excluding tert-OH is 1. The van der Waals surface area contributed by atoms with E-state index in [1.165, 1.54) is 5.56 Å². The van der Waals surface area contributed by atoms with Crippen LogP contribution in [0.5, 0.6) is 0 Å². The molecule has 7 nitrogen and oxygen atoms in total. The average molecular weight is 448 g/mol. The monoisotopic (exact) mass is 447 g/mol. The van der Waals surface area contributed by atoms with Crippen LogP contribution in [0.2, 0.25) is 0 Å². The van der Waals surface area contributed by atoms with Crippen LogP contribution in [0.15, 0.2) is 66.7 Å². The molecule has 1 heterocycles. The number of hydrogen-bond donors (Lipinski definition) is 4. The Hall–Kier alpha value is -3.75. The van der Waals surface area contributed by atoms with E-state index in [0.717, 1.165) is 32.2 Å². The van der Waals surface area contributed by atoms with Crippen LogP contribution in [0.1, 0.15) is 15.9 Å². The Balaban J connectivity index is 1.44. The summed E-state index contributed by atoms with van der Waals surface area (Å²) in [6.45, 7) is 1.39. The molecule has 0 aliphatic carbocycles. The molecule has 0 spiro atoms. The Labute approximate surface area is 188 Å². The first kappa shape index (κ1) is 21.5. The minimum Gasteiger partial charge on any atom is -0.480 e. The molecule has 0 aliphatic rings. The standard InChI is InChI=1S/C24H21N3O4S/c1-14-2-11-19-21(12-14)32-24(27-19)25-18-9-7-16(8-10-18)15-3-5-17(6-4-15)22(29)26-20(13-28)23(30)31/h2-12,20,28H,13H2,1H3,(H,25,27)(H,26,29)(H,30,31). The van der Waals surface area contributed by atoms with Gasteiger partial charge in [0.1, 0.15) is 0 Å². The van der Waals surface area contributed by atoms with E-state index in [9.17, 15) is 9.59 Å². The second-order valence-electron chi connectivity index (χ2n) is 7.32. The van der Waals surface area contributed by atoms with Crippen LogP contribution in [-0.4, -0.2) is 39.7 Å². The second kappa shape index (κ2) is 9.17. The molecule has 162 valence electrons. The second-order valence-corrected chi connectivity index (χ2v) is 8.35. The lowest BCUT2D eigenvalue weighted by molar-refractivity contribution is -0.140. The maximum absolute atomic E-state index is 12.2. The van der Waals surface area contributed by atoms with Crippen molar-refractivity contribution in [2.45, 2.75) is 13.0 Å². The third-order valence-electron chi connectivity index (χ3n) is 4.95. The number of aliphatic carboxylic acids is 1. The molecule has 4 N–H and O–H groups in total. The summed E-state index contributed by atoms with van der Waals surface area (Å²) < 4.78 is 1.14. The molecule has 0 fully saturated rings. The van der Waals surface area contributed by atoms with Gasteiger partial charge in [-0.05, 0) is 60.0 Å². The van der Waals surface area contributed by atoms with Crippen molar-refractivity contribution in [3.63, 3.8) is 0 Å². The molecule has 1 amide bonds. The number of aliphatic hydroxyl groups is 1. The van der Waals surface area contributed by atoms with Crippen LogP contribution in [0.3, 0.4) is 0 Å². The van der Waals surface area contributed by atoms with Crippen molar-refractivity contribution in [1.29, 1.82) is 0 Å². The van der Waals surface area contributed by atoms with Gasteiger partial charge < -0.3 is 20.8 Å². The molecular weight excluding hydrogens is 426 g/mol. The number of hydrogen-bond acceptors (Lipinski definition) is 6. The number of nitrogens with one attached hydrogen (secondary N) is 2.